The van der Waals surface area contributed by atoms with Crippen LogP contribution in [0.25, 0.3) is 0 Å². The summed E-state index contributed by atoms with van der Waals surface area (Å²) in [5, 5.41) is 2.88. The number of nitrogens with one attached hydrogen (secondary N) is 1. The Morgan fingerprint density at radius 3 is 2.56 bits per heavy atom. The summed E-state index contributed by atoms with van der Waals surface area (Å²) < 4.78 is 13.6. The van der Waals surface area contributed by atoms with Crippen molar-refractivity contribution in [3.05, 3.63) is 77.0 Å². The van der Waals surface area contributed by atoms with Crippen LogP contribution in [0.1, 0.15) is 46.5 Å². The Hall–Kier alpha value is -2.49. The normalized spacial score (nSPS) is 18.4. The van der Waals surface area contributed by atoms with E-state index in [4.69, 9.17) is 6.92 Å². The number of Topliss-reactive ketones (excluding diaryl/α,β-unsaturated/α-hetero) is 1. The lowest BCUT2D eigenvalue weighted by atomic mass is 9.89. The molecular weight excluding hydrogens is 341 g/mol. The maximum atomic E-state index is 13.6. The standard InChI is InChI=1S/C23H24FNO2/c1-14(2)10-21-15(3)6-5-7-20(21)22(27)25-23(16(4)26)12-17-8-9-19(24)11-18(17)13-23/h4-9,11,14H,10,12-13H2,1-3H3,(H,25,27)/t23-/m0/s1. The zero-order valence-corrected chi connectivity index (χ0v) is 15.9. The van der Waals surface area contributed by atoms with E-state index < -0.39 is 11.3 Å². The fourth-order valence-electron chi connectivity index (χ4n) is 3.85. The van der Waals surface area contributed by atoms with Gasteiger partial charge in [-0.15, -0.1) is 0 Å². The van der Waals surface area contributed by atoms with Crippen molar-refractivity contribution >= 4 is 11.7 Å². The molecule has 0 aliphatic heterocycles. The smallest absolute Gasteiger partial charge is 0.252 e. The first-order chi connectivity index (χ1) is 12.7. The van der Waals surface area contributed by atoms with Gasteiger partial charge in [0.15, 0.2) is 5.78 Å². The molecule has 0 heterocycles. The topological polar surface area (TPSA) is 46.2 Å². The third-order valence-electron chi connectivity index (χ3n) is 5.24. The Morgan fingerprint density at radius 1 is 1.19 bits per heavy atom. The lowest BCUT2D eigenvalue weighted by Crippen LogP contribution is -2.54. The van der Waals surface area contributed by atoms with E-state index in [2.05, 4.69) is 19.2 Å². The van der Waals surface area contributed by atoms with E-state index in [-0.39, 0.29) is 24.6 Å². The molecule has 1 N–H and O–H groups in total. The maximum Gasteiger partial charge on any atom is 0.252 e. The summed E-state index contributed by atoms with van der Waals surface area (Å²) in [6, 6.07) is 10.0. The minimum absolute atomic E-state index is 0.201. The molecule has 1 aliphatic rings. The molecule has 3 rings (SSSR count). The van der Waals surface area contributed by atoms with Gasteiger partial charge in [0.05, 0.1) is 0 Å². The second-order valence-electron chi connectivity index (χ2n) is 7.87. The van der Waals surface area contributed by atoms with Crippen LogP contribution in [0.5, 0.6) is 0 Å². The van der Waals surface area contributed by atoms with Gasteiger partial charge < -0.3 is 5.32 Å². The number of ketones is 1. The summed E-state index contributed by atoms with van der Waals surface area (Å²) in [7, 11) is 0. The fourth-order valence-corrected chi connectivity index (χ4v) is 3.85. The van der Waals surface area contributed by atoms with Gasteiger partial charge >= 0.3 is 0 Å². The number of hydrogen-bond acceptors (Lipinski definition) is 2. The summed E-state index contributed by atoms with van der Waals surface area (Å²) >= 11 is 0. The first-order valence-electron chi connectivity index (χ1n) is 9.20. The van der Waals surface area contributed by atoms with Gasteiger partial charge in [-0.25, -0.2) is 4.39 Å². The van der Waals surface area contributed by atoms with Crippen LogP contribution in [0, 0.1) is 25.6 Å². The van der Waals surface area contributed by atoms with E-state index >= 15 is 0 Å². The molecule has 140 valence electrons. The zero-order valence-electron chi connectivity index (χ0n) is 15.9. The van der Waals surface area contributed by atoms with Gasteiger partial charge in [-0.05, 0) is 59.7 Å². The van der Waals surface area contributed by atoms with E-state index in [1.54, 1.807) is 12.1 Å². The molecule has 0 unspecified atom stereocenters. The Balaban J connectivity index is 1.93. The van der Waals surface area contributed by atoms with Crippen LogP contribution < -0.4 is 5.32 Å². The van der Waals surface area contributed by atoms with Gasteiger partial charge in [-0.3, -0.25) is 9.59 Å². The Morgan fingerprint density at radius 2 is 1.89 bits per heavy atom. The number of hydrogen-bond donors (Lipinski definition) is 1. The van der Waals surface area contributed by atoms with Gasteiger partial charge in [0.2, 0.25) is 0 Å². The van der Waals surface area contributed by atoms with E-state index in [0.717, 1.165) is 23.1 Å². The van der Waals surface area contributed by atoms with Crippen molar-refractivity contribution in [3.8, 4) is 0 Å². The molecule has 0 spiro atoms. The van der Waals surface area contributed by atoms with Crippen molar-refractivity contribution in [2.45, 2.75) is 45.6 Å². The van der Waals surface area contributed by atoms with Crippen LogP contribution >= 0.6 is 0 Å². The number of halogens is 1. The molecule has 2 aromatic rings. The van der Waals surface area contributed by atoms with Crippen molar-refractivity contribution in [2.75, 3.05) is 0 Å². The molecule has 0 saturated carbocycles. The third kappa shape index (κ3) is 3.80. The van der Waals surface area contributed by atoms with Gasteiger partial charge in [0, 0.05) is 25.3 Å². The molecule has 4 heteroatoms. The van der Waals surface area contributed by atoms with Gasteiger partial charge in [0.25, 0.3) is 5.91 Å². The van der Waals surface area contributed by atoms with Crippen LogP contribution in [0.2, 0.25) is 0 Å². The largest absolute Gasteiger partial charge is 0.339 e. The van der Waals surface area contributed by atoms with E-state index in [9.17, 15) is 14.0 Å². The number of benzene rings is 2. The molecule has 1 atom stereocenters. The number of amides is 1. The van der Waals surface area contributed by atoms with Gasteiger partial charge in [-0.1, -0.05) is 32.0 Å². The van der Waals surface area contributed by atoms with Crippen LogP contribution in [0.15, 0.2) is 36.4 Å². The van der Waals surface area contributed by atoms with Crippen molar-refractivity contribution in [1.82, 2.24) is 5.32 Å². The van der Waals surface area contributed by atoms with Crippen LogP contribution in [-0.2, 0) is 24.1 Å². The first kappa shape index (κ1) is 19.3. The Bertz CT molecular complexity index is 903. The fraction of sp³-hybridized carbons (Fsp3) is 0.348. The molecule has 0 fully saturated rings. The molecule has 0 saturated heterocycles. The number of fused-ring (bicyclic) bond motifs is 1. The number of carbonyl (C=O) groups excluding carboxylic acids is 2. The maximum absolute atomic E-state index is 13.6. The summed E-state index contributed by atoms with van der Waals surface area (Å²) in [5.74, 6) is -0.897. The SMILES string of the molecule is [CH]C(=O)[C@]1(NC(=O)c2cccc(C)c2CC(C)C)Cc2ccc(F)cc2C1. The van der Waals surface area contributed by atoms with E-state index in [1.807, 2.05) is 19.1 Å². The zero-order chi connectivity index (χ0) is 19.8. The van der Waals surface area contributed by atoms with Crippen LogP contribution in [0.4, 0.5) is 4.39 Å². The van der Waals surface area contributed by atoms with Crippen molar-refractivity contribution in [2.24, 2.45) is 5.92 Å². The second kappa shape index (κ2) is 7.26. The highest BCUT2D eigenvalue weighted by atomic mass is 19.1. The summed E-state index contributed by atoms with van der Waals surface area (Å²) in [5.41, 5.74) is 2.90. The highest BCUT2D eigenvalue weighted by Gasteiger charge is 2.43. The quantitative estimate of drug-likeness (QED) is 0.874. The number of rotatable bonds is 5. The van der Waals surface area contributed by atoms with E-state index in [0.29, 0.717) is 17.0 Å². The van der Waals surface area contributed by atoms with Crippen molar-refractivity contribution in [1.29, 1.82) is 0 Å². The third-order valence-corrected chi connectivity index (χ3v) is 5.24. The molecule has 2 aromatic carbocycles. The molecule has 1 amide bonds. The highest BCUT2D eigenvalue weighted by molar-refractivity contribution is 6.02. The molecular formula is C23H24FNO2. The highest BCUT2D eigenvalue weighted by Crippen LogP contribution is 2.32. The van der Waals surface area contributed by atoms with Gasteiger partial charge in [-0.2, -0.15) is 0 Å². The molecule has 0 bridgehead atoms. The second-order valence-corrected chi connectivity index (χ2v) is 7.87. The number of aryl methyl sites for hydroxylation is 1. The van der Waals surface area contributed by atoms with Crippen molar-refractivity contribution < 1.29 is 14.0 Å². The molecule has 2 radical (unpaired) electrons. The minimum Gasteiger partial charge on any atom is -0.339 e. The van der Waals surface area contributed by atoms with Crippen LogP contribution in [-0.4, -0.2) is 17.2 Å². The summed E-state index contributed by atoms with van der Waals surface area (Å²) in [6.07, 6.45) is 1.24. The summed E-state index contributed by atoms with van der Waals surface area (Å²) in [6.45, 7) is 11.9. The van der Waals surface area contributed by atoms with Gasteiger partial charge in [0.1, 0.15) is 11.4 Å². The van der Waals surface area contributed by atoms with Crippen LogP contribution in [0.3, 0.4) is 0 Å². The lowest BCUT2D eigenvalue weighted by molar-refractivity contribution is -0.120. The van der Waals surface area contributed by atoms with E-state index in [1.165, 1.54) is 12.1 Å². The molecule has 1 aliphatic carbocycles. The monoisotopic (exact) mass is 365 g/mol. The van der Waals surface area contributed by atoms with Crippen molar-refractivity contribution in [3.63, 3.8) is 0 Å². The predicted molar refractivity (Wildman–Crippen MR) is 103 cm³/mol. The molecule has 27 heavy (non-hydrogen) atoms. The Kier molecular flexibility index (Phi) is 5.18. The molecule has 0 aromatic heterocycles. The first-order valence-corrected chi connectivity index (χ1v) is 9.20. The molecule has 3 nitrogen and oxygen atoms in total. The lowest BCUT2D eigenvalue weighted by Gasteiger charge is -2.28. The minimum atomic E-state index is -1.23. The average Bonchev–Trinajstić information content (AvgIpc) is 2.94. The Labute approximate surface area is 160 Å². The summed E-state index contributed by atoms with van der Waals surface area (Å²) in [4.78, 5) is 25.4. The average molecular weight is 365 g/mol. The predicted octanol–water partition coefficient (Wildman–Crippen LogP) is 3.88. The number of carbonyl (C=O) groups is 2.